The minimum Gasteiger partial charge on any atom is -0.301 e. The van der Waals surface area contributed by atoms with Gasteiger partial charge in [-0.3, -0.25) is 4.79 Å². The lowest BCUT2D eigenvalue weighted by molar-refractivity contribution is -0.113. The van der Waals surface area contributed by atoms with Gasteiger partial charge in [0.1, 0.15) is 17.1 Å². The van der Waals surface area contributed by atoms with Crippen LogP contribution in [0, 0.1) is 5.82 Å². The number of nitrogens with one attached hydrogen (secondary N) is 1. The monoisotopic (exact) mass is 418 g/mol. The number of nitrogens with zero attached hydrogens (tertiary/aromatic N) is 1. The zero-order chi connectivity index (χ0) is 18.2. The molecular formula is C15H9Cl2FN2O3S2. The van der Waals surface area contributed by atoms with Crippen molar-refractivity contribution < 1.29 is 17.6 Å². The van der Waals surface area contributed by atoms with E-state index in [2.05, 4.69) is 10.3 Å². The molecule has 0 spiro atoms. The van der Waals surface area contributed by atoms with Crippen LogP contribution in [0.2, 0.25) is 10.0 Å². The molecular weight excluding hydrogens is 410 g/mol. The van der Waals surface area contributed by atoms with Gasteiger partial charge in [-0.25, -0.2) is 17.8 Å². The standard InChI is InChI=1S/C15H9Cl2FN2O3S2/c16-10-5-6-11(17)14-13(10)20-15(24-14)19-12(21)7-25(22,23)9-3-1-8(18)2-4-9/h1-6H,7H2,(H,19,20,21). The summed E-state index contributed by atoms with van der Waals surface area (Å²) in [4.78, 5) is 16.1. The molecule has 0 atom stereocenters. The lowest BCUT2D eigenvalue weighted by Gasteiger charge is -2.04. The second kappa shape index (κ2) is 6.87. The summed E-state index contributed by atoms with van der Waals surface area (Å²) in [6, 6.07) is 7.43. The molecule has 0 bridgehead atoms. The molecule has 1 aromatic heterocycles. The third kappa shape index (κ3) is 3.92. The average Bonchev–Trinajstić information content (AvgIpc) is 2.95. The highest BCUT2D eigenvalue weighted by molar-refractivity contribution is 7.92. The fraction of sp³-hybridized carbons (Fsp3) is 0.0667. The number of thiazole rings is 1. The normalized spacial score (nSPS) is 11.6. The van der Waals surface area contributed by atoms with Crippen LogP contribution in [0.15, 0.2) is 41.3 Å². The first-order valence-corrected chi connectivity index (χ1v) is 10.0. The van der Waals surface area contributed by atoms with Gasteiger partial charge < -0.3 is 5.32 Å². The summed E-state index contributed by atoms with van der Waals surface area (Å²) in [7, 11) is -3.90. The predicted molar refractivity (Wildman–Crippen MR) is 96.7 cm³/mol. The molecule has 0 unspecified atom stereocenters. The molecule has 3 aromatic rings. The number of carbonyl (C=O) groups excluding carboxylic acids is 1. The molecule has 0 saturated heterocycles. The van der Waals surface area contributed by atoms with E-state index in [0.717, 1.165) is 35.6 Å². The van der Waals surface area contributed by atoms with Gasteiger partial charge in [-0.2, -0.15) is 0 Å². The molecule has 0 saturated carbocycles. The number of hydrogen-bond donors (Lipinski definition) is 1. The molecule has 1 N–H and O–H groups in total. The van der Waals surface area contributed by atoms with Crippen LogP contribution in [0.5, 0.6) is 0 Å². The maximum absolute atomic E-state index is 12.9. The number of amides is 1. The van der Waals surface area contributed by atoms with Gasteiger partial charge in [0.25, 0.3) is 0 Å². The fourth-order valence-corrected chi connectivity index (χ4v) is 4.62. The molecule has 1 amide bonds. The SMILES string of the molecule is O=C(CS(=O)(=O)c1ccc(F)cc1)Nc1nc2c(Cl)ccc(Cl)c2s1. The molecule has 0 aliphatic heterocycles. The van der Waals surface area contributed by atoms with Gasteiger partial charge in [0, 0.05) is 0 Å². The van der Waals surface area contributed by atoms with E-state index in [1.165, 1.54) is 0 Å². The van der Waals surface area contributed by atoms with Crippen molar-refractivity contribution in [1.29, 1.82) is 0 Å². The van der Waals surface area contributed by atoms with E-state index in [1.54, 1.807) is 12.1 Å². The van der Waals surface area contributed by atoms with Crippen molar-refractivity contribution in [2.45, 2.75) is 4.90 Å². The van der Waals surface area contributed by atoms with Gasteiger partial charge in [-0.05, 0) is 36.4 Å². The Kier molecular flexibility index (Phi) is 4.97. The quantitative estimate of drug-likeness (QED) is 0.645. The Morgan fingerprint density at radius 2 is 1.76 bits per heavy atom. The maximum atomic E-state index is 12.9. The van der Waals surface area contributed by atoms with Gasteiger partial charge >= 0.3 is 0 Å². The van der Waals surface area contributed by atoms with Crippen LogP contribution in [-0.4, -0.2) is 25.1 Å². The number of fused-ring (bicyclic) bond motifs is 1. The molecule has 0 aliphatic rings. The van der Waals surface area contributed by atoms with Crippen molar-refractivity contribution in [3.05, 3.63) is 52.3 Å². The van der Waals surface area contributed by atoms with Crippen LogP contribution in [-0.2, 0) is 14.6 Å². The molecule has 2 aromatic carbocycles. The van der Waals surface area contributed by atoms with Gasteiger partial charge in [-0.1, -0.05) is 34.5 Å². The lowest BCUT2D eigenvalue weighted by Crippen LogP contribution is -2.22. The number of aromatic nitrogens is 1. The smallest absolute Gasteiger partial charge is 0.241 e. The summed E-state index contributed by atoms with van der Waals surface area (Å²) in [5.74, 6) is -2.13. The molecule has 0 fully saturated rings. The third-order valence-electron chi connectivity index (χ3n) is 3.19. The number of carbonyl (C=O) groups is 1. The summed E-state index contributed by atoms with van der Waals surface area (Å²) in [5, 5.41) is 3.40. The Bertz CT molecular complexity index is 1030. The first-order valence-electron chi connectivity index (χ1n) is 6.79. The highest BCUT2D eigenvalue weighted by Crippen LogP contribution is 2.36. The molecule has 0 radical (unpaired) electrons. The second-order valence-electron chi connectivity index (χ2n) is 4.99. The fourth-order valence-electron chi connectivity index (χ4n) is 2.05. The summed E-state index contributed by atoms with van der Waals surface area (Å²) >= 11 is 13.2. The van der Waals surface area contributed by atoms with Crippen LogP contribution in [0.1, 0.15) is 0 Å². The molecule has 5 nitrogen and oxygen atoms in total. The first kappa shape index (κ1) is 18.1. The Morgan fingerprint density at radius 3 is 2.40 bits per heavy atom. The van der Waals surface area contributed by atoms with Crippen molar-refractivity contribution in [3.8, 4) is 0 Å². The summed E-state index contributed by atoms with van der Waals surface area (Å²) < 4.78 is 37.8. The van der Waals surface area contributed by atoms with Crippen LogP contribution in [0.3, 0.4) is 0 Å². The molecule has 130 valence electrons. The summed E-state index contributed by atoms with van der Waals surface area (Å²) in [5.41, 5.74) is 0.427. The van der Waals surface area contributed by atoms with Crippen molar-refractivity contribution in [3.63, 3.8) is 0 Å². The Hall–Kier alpha value is -1.74. The van der Waals surface area contributed by atoms with E-state index < -0.39 is 27.3 Å². The number of anilines is 1. The lowest BCUT2D eigenvalue weighted by atomic mass is 10.3. The van der Waals surface area contributed by atoms with E-state index in [-0.39, 0.29) is 10.0 Å². The molecule has 10 heteroatoms. The number of rotatable bonds is 4. The molecule has 25 heavy (non-hydrogen) atoms. The number of halogens is 3. The topological polar surface area (TPSA) is 76.1 Å². The van der Waals surface area contributed by atoms with Crippen molar-refractivity contribution >= 4 is 65.6 Å². The summed E-state index contributed by atoms with van der Waals surface area (Å²) in [6.45, 7) is 0. The molecule has 1 heterocycles. The Morgan fingerprint density at radius 1 is 1.12 bits per heavy atom. The van der Waals surface area contributed by atoms with Gasteiger partial charge in [0.2, 0.25) is 5.91 Å². The zero-order valence-electron chi connectivity index (χ0n) is 12.3. The van der Waals surface area contributed by atoms with E-state index in [4.69, 9.17) is 23.2 Å². The van der Waals surface area contributed by atoms with Crippen molar-refractivity contribution in [2.75, 3.05) is 11.1 Å². The minimum atomic E-state index is -3.90. The van der Waals surface area contributed by atoms with Crippen LogP contribution in [0.4, 0.5) is 9.52 Å². The zero-order valence-corrected chi connectivity index (χ0v) is 15.4. The minimum absolute atomic E-state index is 0.139. The van der Waals surface area contributed by atoms with Gasteiger partial charge in [0.15, 0.2) is 15.0 Å². The molecule has 0 aliphatic carbocycles. The number of hydrogen-bond acceptors (Lipinski definition) is 5. The number of benzene rings is 2. The van der Waals surface area contributed by atoms with Gasteiger partial charge in [0.05, 0.1) is 19.6 Å². The Labute approximate surface area is 156 Å². The average molecular weight is 419 g/mol. The highest BCUT2D eigenvalue weighted by Gasteiger charge is 2.21. The second-order valence-corrected chi connectivity index (χ2v) is 8.79. The summed E-state index contributed by atoms with van der Waals surface area (Å²) in [6.07, 6.45) is 0. The van der Waals surface area contributed by atoms with Gasteiger partial charge in [-0.15, -0.1) is 0 Å². The largest absolute Gasteiger partial charge is 0.301 e. The molecule has 3 rings (SSSR count). The third-order valence-corrected chi connectivity index (χ3v) is 6.56. The Balaban J connectivity index is 1.80. The van der Waals surface area contributed by atoms with Crippen LogP contribution >= 0.6 is 34.5 Å². The van der Waals surface area contributed by atoms with Crippen molar-refractivity contribution in [1.82, 2.24) is 4.98 Å². The predicted octanol–water partition coefficient (Wildman–Crippen LogP) is 4.15. The van der Waals surface area contributed by atoms with Crippen LogP contribution in [0.25, 0.3) is 10.2 Å². The van der Waals surface area contributed by atoms with E-state index in [0.29, 0.717) is 20.3 Å². The van der Waals surface area contributed by atoms with Crippen LogP contribution < -0.4 is 5.32 Å². The highest BCUT2D eigenvalue weighted by atomic mass is 35.5. The number of sulfone groups is 1. The first-order chi connectivity index (χ1) is 11.8. The van der Waals surface area contributed by atoms with E-state index in [1.807, 2.05) is 0 Å². The maximum Gasteiger partial charge on any atom is 0.241 e. The van der Waals surface area contributed by atoms with E-state index >= 15 is 0 Å². The van der Waals surface area contributed by atoms with Crippen molar-refractivity contribution in [2.24, 2.45) is 0 Å². The van der Waals surface area contributed by atoms with E-state index in [9.17, 15) is 17.6 Å².